The molecule has 3 N–H and O–H groups in total. The number of ether oxygens (including phenoxy) is 3. The molecule has 0 radical (unpaired) electrons. The van der Waals surface area contributed by atoms with Crippen LogP contribution in [0.5, 0.6) is 0 Å². The molecule has 0 saturated carbocycles. The largest absolute Gasteiger partial charge is 0.394 e. The van der Waals surface area contributed by atoms with Crippen LogP contribution in [0.2, 0.25) is 0 Å². The molecule has 0 aliphatic carbocycles. The second-order valence-electron chi connectivity index (χ2n) is 10.2. The quantitative estimate of drug-likeness (QED) is 0.0844. The molecule has 0 aromatic carbocycles. The molecule has 0 spiro atoms. The molecule has 0 aromatic heterocycles. The molecule has 0 aliphatic rings. The van der Waals surface area contributed by atoms with Crippen LogP contribution in [0.4, 0.5) is 0 Å². The van der Waals surface area contributed by atoms with Gasteiger partial charge in [-0.3, -0.25) is 0 Å². The van der Waals surface area contributed by atoms with Crippen molar-refractivity contribution in [2.75, 3.05) is 52.9 Å². The third-order valence-electron chi connectivity index (χ3n) is 6.45. The molecule has 0 heterocycles. The van der Waals surface area contributed by atoms with Crippen LogP contribution in [0.3, 0.4) is 0 Å². The van der Waals surface area contributed by atoms with Gasteiger partial charge in [0.1, 0.15) is 6.10 Å². The van der Waals surface area contributed by atoms with E-state index in [2.05, 4.69) is 13.8 Å². The molecular weight excluding hydrogens is 468 g/mol. The van der Waals surface area contributed by atoms with E-state index in [0.29, 0.717) is 13.2 Å². The zero-order valence-corrected chi connectivity index (χ0v) is 24.9. The molecule has 0 aromatic rings. The fraction of sp³-hybridized carbons (Fsp3) is 1.00. The van der Waals surface area contributed by atoms with E-state index in [-0.39, 0.29) is 13.2 Å². The lowest BCUT2D eigenvalue weighted by Crippen LogP contribution is -2.15. The number of rotatable bonds is 30. The van der Waals surface area contributed by atoms with Crippen molar-refractivity contribution in [2.24, 2.45) is 0 Å². The van der Waals surface area contributed by atoms with E-state index in [4.69, 9.17) is 29.5 Å². The molecule has 0 aliphatic heterocycles. The van der Waals surface area contributed by atoms with E-state index in [1.165, 1.54) is 128 Å². The number of unbranched alkanes of at least 4 members (excludes halogenated alkanes) is 18. The maximum Gasteiger partial charge on any atom is 0.100 e. The van der Waals surface area contributed by atoms with Gasteiger partial charge in [-0.05, 0) is 12.8 Å². The molecule has 0 bridgehead atoms. The summed E-state index contributed by atoms with van der Waals surface area (Å²) in [5, 5.41) is 24.0. The Morgan fingerprint density at radius 1 is 0.378 bits per heavy atom. The molecule has 0 atom stereocenters. The first-order valence-corrected chi connectivity index (χ1v) is 15.9. The van der Waals surface area contributed by atoms with Crippen molar-refractivity contribution < 1.29 is 29.5 Å². The summed E-state index contributed by atoms with van der Waals surface area (Å²) in [7, 11) is 0. The summed E-state index contributed by atoms with van der Waals surface area (Å²) < 4.78 is 16.9. The van der Waals surface area contributed by atoms with Gasteiger partial charge >= 0.3 is 0 Å². The van der Waals surface area contributed by atoms with E-state index >= 15 is 0 Å². The van der Waals surface area contributed by atoms with Gasteiger partial charge < -0.3 is 29.5 Å². The first-order chi connectivity index (χ1) is 18.2. The first-order valence-electron chi connectivity index (χ1n) is 15.9. The zero-order valence-electron chi connectivity index (χ0n) is 24.9. The third-order valence-corrected chi connectivity index (χ3v) is 6.45. The molecular formula is C31H66O6. The van der Waals surface area contributed by atoms with Gasteiger partial charge in [0.2, 0.25) is 0 Å². The van der Waals surface area contributed by atoms with Gasteiger partial charge in [0.15, 0.2) is 0 Å². The van der Waals surface area contributed by atoms with Crippen molar-refractivity contribution in [3.8, 4) is 0 Å². The Bertz CT molecular complexity index is 338. The number of aliphatic hydroxyl groups excluding tert-OH is 3. The van der Waals surface area contributed by atoms with Crippen LogP contribution in [0, 0.1) is 0 Å². The van der Waals surface area contributed by atoms with E-state index in [0.717, 1.165) is 26.4 Å². The first kappa shape index (κ1) is 38.9. The van der Waals surface area contributed by atoms with Gasteiger partial charge in [-0.2, -0.15) is 0 Å². The van der Waals surface area contributed by atoms with Crippen molar-refractivity contribution in [1.29, 1.82) is 0 Å². The molecule has 6 nitrogen and oxygen atoms in total. The summed E-state index contributed by atoms with van der Waals surface area (Å²) in [4.78, 5) is 0. The summed E-state index contributed by atoms with van der Waals surface area (Å²) in [6, 6.07) is 0. The predicted octanol–water partition coefficient (Wildman–Crippen LogP) is 7.21. The van der Waals surface area contributed by atoms with Gasteiger partial charge in [-0.15, -0.1) is 0 Å². The molecule has 37 heavy (non-hydrogen) atoms. The fourth-order valence-corrected chi connectivity index (χ4v) is 3.98. The summed E-state index contributed by atoms with van der Waals surface area (Å²) in [5.41, 5.74) is 0. The molecule has 0 unspecified atom stereocenters. The minimum atomic E-state index is -0.954. The van der Waals surface area contributed by atoms with Gasteiger partial charge in [-0.25, -0.2) is 0 Å². The zero-order chi connectivity index (χ0) is 27.5. The van der Waals surface area contributed by atoms with Crippen molar-refractivity contribution in [3.63, 3.8) is 0 Å². The maximum atomic E-state index is 8.17. The van der Waals surface area contributed by atoms with E-state index in [9.17, 15) is 0 Å². The topological polar surface area (TPSA) is 88.4 Å². The van der Waals surface area contributed by atoms with E-state index in [1.807, 2.05) is 0 Å². The highest BCUT2D eigenvalue weighted by Crippen LogP contribution is 2.11. The molecule has 6 heteroatoms. The normalized spacial score (nSPS) is 11.2. The van der Waals surface area contributed by atoms with Crippen LogP contribution in [-0.2, 0) is 14.2 Å². The number of hydrogen-bond donors (Lipinski definition) is 3. The van der Waals surface area contributed by atoms with Crippen molar-refractivity contribution in [3.05, 3.63) is 0 Å². The smallest absolute Gasteiger partial charge is 0.100 e. The van der Waals surface area contributed by atoms with Gasteiger partial charge in [0.05, 0.1) is 39.6 Å². The van der Waals surface area contributed by atoms with Gasteiger partial charge in [-0.1, -0.05) is 129 Å². The minimum Gasteiger partial charge on any atom is -0.394 e. The van der Waals surface area contributed by atoms with Gasteiger partial charge in [0, 0.05) is 13.2 Å². The van der Waals surface area contributed by atoms with Crippen LogP contribution in [-0.4, -0.2) is 74.3 Å². The Morgan fingerprint density at radius 3 is 0.865 bits per heavy atom. The number of aliphatic hydroxyl groups is 3. The fourth-order valence-electron chi connectivity index (χ4n) is 3.98. The van der Waals surface area contributed by atoms with Gasteiger partial charge in [0.25, 0.3) is 0 Å². The number of hydrogen-bond acceptors (Lipinski definition) is 6. The molecule has 0 saturated heterocycles. The van der Waals surface area contributed by atoms with Crippen molar-refractivity contribution in [2.45, 2.75) is 148 Å². The summed E-state index contributed by atoms with van der Waals surface area (Å²) in [6.07, 6.45) is 26.5. The lowest BCUT2D eigenvalue weighted by molar-refractivity contribution is 0.0132. The van der Waals surface area contributed by atoms with Crippen LogP contribution < -0.4 is 0 Å². The standard InChI is InChI=1S/C28H58O3.C3H8O3/c1-3-5-7-9-11-13-15-17-19-21-23-29-25-27-31-28-26-30-24-22-20-18-16-14-12-10-8-6-4-2;4-1-3(6)2-5/h3-28H2,1-2H3;3-6H,1-2H2. The van der Waals surface area contributed by atoms with Crippen molar-refractivity contribution in [1.82, 2.24) is 0 Å². The van der Waals surface area contributed by atoms with E-state index < -0.39 is 6.10 Å². The lowest BCUT2D eigenvalue weighted by atomic mass is 10.1. The summed E-state index contributed by atoms with van der Waals surface area (Å²) >= 11 is 0. The lowest BCUT2D eigenvalue weighted by Gasteiger charge is -2.07. The average molecular weight is 535 g/mol. The Morgan fingerprint density at radius 2 is 0.622 bits per heavy atom. The van der Waals surface area contributed by atoms with Crippen LogP contribution >= 0.6 is 0 Å². The third kappa shape index (κ3) is 40.4. The monoisotopic (exact) mass is 534 g/mol. The second-order valence-corrected chi connectivity index (χ2v) is 10.2. The highest BCUT2D eigenvalue weighted by atomic mass is 16.5. The molecule has 0 fully saturated rings. The Balaban J connectivity index is 0. The highest BCUT2D eigenvalue weighted by molar-refractivity contribution is 4.49. The minimum absolute atomic E-state index is 0.365. The maximum absolute atomic E-state index is 8.17. The molecule has 0 rings (SSSR count). The Hall–Kier alpha value is -0.240. The summed E-state index contributed by atoms with van der Waals surface area (Å²) in [5.74, 6) is 0. The van der Waals surface area contributed by atoms with Crippen LogP contribution in [0.15, 0.2) is 0 Å². The highest BCUT2D eigenvalue weighted by Gasteiger charge is 1.96. The molecule has 226 valence electrons. The molecule has 0 amide bonds. The van der Waals surface area contributed by atoms with Crippen LogP contribution in [0.25, 0.3) is 0 Å². The predicted molar refractivity (Wildman–Crippen MR) is 156 cm³/mol. The Kier molecular flexibility index (Phi) is 39.9. The summed E-state index contributed by atoms with van der Waals surface area (Å²) in [6.45, 7) is 8.42. The van der Waals surface area contributed by atoms with E-state index in [1.54, 1.807) is 0 Å². The van der Waals surface area contributed by atoms with Crippen molar-refractivity contribution >= 4 is 0 Å². The average Bonchev–Trinajstić information content (AvgIpc) is 2.92. The van der Waals surface area contributed by atoms with Crippen LogP contribution in [0.1, 0.15) is 142 Å². The Labute approximate surface area is 230 Å². The SMILES string of the molecule is CCCCCCCCCCCCOCCOCCOCCCCCCCCCCCC.OCC(O)CO. The second kappa shape index (κ2) is 37.9.